The van der Waals surface area contributed by atoms with Crippen molar-refractivity contribution in [1.29, 1.82) is 0 Å². The summed E-state index contributed by atoms with van der Waals surface area (Å²) in [6.07, 6.45) is 3.59. The first-order valence-electron chi connectivity index (χ1n) is 12.3. The van der Waals surface area contributed by atoms with Gasteiger partial charge in [0.1, 0.15) is 23.2 Å². The van der Waals surface area contributed by atoms with E-state index in [9.17, 15) is 21.6 Å². The summed E-state index contributed by atoms with van der Waals surface area (Å²) in [5, 5.41) is -1.40. The van der Waals surface area contributed by atoms with Gasteiger partial charge < -0.3 is 9.47 Å². The summed E-state index contributed by atoms with van der Waals surface area (Å²) in [7, 11) is -8.01. The third-order valence-corrected chi connectivity index (χ3v) is 10.4. The monoisotopic (exact) mass is 542 g/mol. The number of rotatable bonds is 11. The molecule has 4 rings (SSSR count). The van der Waals surface area contributed by atoms with Gasteiger partial charge in [0.25, 0.3) is 0 Å². The predicted octanol–water partition coefficient (Wildman–Crippen LogP) is 5.31. The highest BCUT2D eigenvalue weighted by molar-refractivity contribution is 7.96. The fourth-order valence-corrected chi connectivity index (χ4v) is 8.70. The molecule has 0 amide bonds. The molecule has 0 aromatic heterocycles. The molecular weight excluding hydrogens is 512 g/mol. The number of carbonyl (C=O) groups is 1. The van der Waals surface area contributed by atoms with Crippen molar-refractivity contribution < 1.29 is 31.1 Å². The number of esters is 1. The molecule has 7 nitrogen and oxygen atoms in total. The Bertz CT molecular complexity index is 1450. The fourth-order valence-electron chi connectivity index (χ4n) is 4.37. The van der Waals surface area contributed by atoms with E-state index in [4.69, 9.17) is 9.47 Å². The van der Waals surface area contributed by atoms with Crippen LogP contribution in [-0.4, -0.2) is 35.2 Å². The second-order valence-electron chi connectivity index (χ2n) is 8.95. The Morgan fingerprint density at radius 3 is 2.27 bits per heavy atom. The molecule has 3 aromatic carbocycles. The van der Waals surface area contributed by atoms with Crippen molar-refractivity contribution in [1.82, 2.24) is 0 Å². The van der Waals surface area contributed by atoms with Crippen LogP contribution in [0.2, 0.25) is 0 Å². The molecule has 1 atom stereocenters. The van der Waals surface area contributed by atoms with Gasteiger partial charge in [0.15, 0.2) is 19.7 Å². The lowest BCUT2D eigenvalue weighted by Crippen LogP contribution is -2.18. The number of carbonyl (C=O) groups excluding carboxylic acids is 1. The van der Waals surface area contributed by atoms with E-state index < -0.39 is 36.6 Å². The molecule has 0 saturated carbocycles. The minimum absolute atomic E-state index is 0.00788. The first-order valence-corrected chi connectivity index (χ1v) is 15.5. The van der Waals surface area contributed by atoms with Gasteiger partial charge in [-0.15, -0.1) is 0 Å². The normalized spacial score (nSPS) is 16.2. The average molecular weight is 543 g/mol. The van der Waals surface area contributed by atoms with E-state index in [1.54, 1.807) is 18.2 Å². The molecule has 0 spiro atoms. The standard InChI is InChI=1S/C28H30O7S2/c1-2-3-4-11-18-34-27-23(28(29)35-19-21-12-7-5-8-13-21)16-17-24-26(27)25(20-36(24,30)31)37(32,33)22-14-9-6-10-15-22/h5-10,12-17,25H,2-4,11,18-20H2,1H3. The number of ether oxygens (including phenoxy) is 2. The van der Waals surface area contributed by atoms with Crippen LogP contribution in [0.15, 0.2) is 82.6 Å². The van der Waals surface area contributed by atoms with Crippen molar-refractivity contribution in [2.24, 2.45) is 0 Å². The van der Waals surface area contributed by atoms with Crippen LogP contribution in [0.5, 0.6) is 5.75 Å². The third kappa shape index (κ3) is 5.88. The highest BCUT2D eigenvalue weighted by Gasteiger charge is 2.46. The Kier molecular flexibility index (Phi) is 8.34. The van der Waals surface area contributed by atoms with Crippen molar-refractivity contribution >= 4 is 25.6 Å². The Balaban J connectivity index is 1.76. The van der Waals surface area contributed by atoms with E-state index in [1.165, 1.54) is 24.3 Å². The van der Waals surface area contributed by atoms with Crippen molar-refractivity contribution in [3.8, 4) is 5.75 Å². The van der Waals surface area contributed by atoms with E-state index in [0.717, 1.165) is 24.8 Å². The van der Waals surface area contributed by atoms with Crippen LogP contribution in [0.4, 0.5) is 0 Å². The van der Waals surface area contributed by atoms with Crippen LogP contribution in [0.1, 0.15) is 59.3 Å². The van der Waals surface area contributed by atoms with E-state index in [0.29, 0.717) is 6.42 Å². The maximum atomic E-state index is 13.6. The summed E-state index contributed by atoms with van der Waals surface area (Å²) in [5.41, 5.74) is 0.801. The maximum absolute atomic E-state index is 13.6. The summed E-state index contributed by atoms with van der Waals surface area (Å²) < 4.78 is 64.9. The van der Waals surface area contributed by atoms with Gasteiger partial charge in [-0.25, -0.2) is 21.6 Å². The molecule has 0 saturated heterocycles. The molecule has 196 valence electrons. The molecule has 0 radical (unpaired) electrons. The Hall–Kier alpha value is -3.17. The summed E-state index contributed by atoms with van der Waals surface area (Å²) in [5.74, 6) is -1.36. The number of hydrogen-bond acceptors (Lipinski definition) is 7. The lowest BCUT2D eigenvalue weighted by Gasteiger charge is -2.19. The van der Waals surface area contributed by atoms with E-state index in [2.05, 4.69) is 6.92 Å². The highest BCUT2D eigenvalue weighted by Crippen LogP contribution is 2.47. The molecule has 1 aliphatic rings. The summed E-state index contributed by atoms with van der Waals surface area (Å²) in [4.78, 5) is 13.0. The summed E-state index contributed by atoms with van der Waals surface area (Å²) >= 11 is 0. The topological polar surface area (TPSA) is 104 Å². The highest BCUT2D eigenvalue weighted by atomic mass is 32.2. The lowest BCUT2D eigenvalue weighted by molar-refractivity contribution is 0.0467. The van der Waals surface area contributed by atoms with E-state index in [1.807, 2.05) is 30.3 Å². The van der Waals surface area contributed by atoms with Crippen LogP contribution < -0.4 is 4.74 Å². The Morgan fingerprint density at radius 1 is 0.919 bits per heavy atom. The molecule has 1 heterocycles. The molecule has 9 heteroatoms. The second-order valence-corrected chi connectivity index (χ2v) is 13.1. The third-order valence-electron chi connectivity index (χ3n) is 6.31. The minimum Gasteiger partial charge on any atom is -0.492 e. The van der Waals surface area contributed by atoms with Crippen LogP contribution in [0.25, 0.3) is 0 Å². The molecule has 0 bridgehead atoms. The van der Waals surface area contributed by atoms with Crippen LogP contribution in [-0.2, 0) is 31.0 Å². The van der Waals surface area contributed by atoms with Crippen molar-refractivity contribution in [2.45, 2.75) is 54.3 Å². The van der Waals surface area contributed by atoms with Crippen molar-refractivity contribution in [3.63, 3.8) is 0 Å². The summed E-state index contributed by atoms with van der Waals surface area (Å²) in [6, 6.07) is 19.5. The van der Waals surface area contributed by atoms with Gasteiger partial charge in [-0.1, -0.05) is 74.7 Å². The van der Waals surface area contributed by atoms with E-state index >= 15 is 0 Å². The number of benzene rings is 3. The zero-order chi connectivity index (χ0) is 26.5. The molecular formula is C28H30O7S2. The number of sulfone groups is 2. The zero-order valence-electron chi connectivity index (χ0n) is 20.6. The van der Waals surface area contributed by atoms with Crippen LogP contribution in [0.3, 0.4) is 0 Å². The fraction of sp³-hybridized carbons (Fsp3) is 0.321. The maximum Gasteiger partial charge on any atom is 0.342 e. The first-order chi connectivity index (χ1) is 17.8. The van der Waals surface area contributed by atoms with Crippen molar-refractivity contribution in [2.75, 3.05) is 12.4 Å². The van der Waals surface area contributed by atoms with Gasteiger partial charge in [0, 0.05) is 5.56 Å². The van der Waals surface area contributed by atoms with Gasteiger partial charge in [0.2, 0.25) is 0 Å². The zero-order valence-corrected chi connectivity index (χ0v) is 22.3. The summed E-state index contributed by atoms with van der Waals surface area (Å²) in [6.45, 7) is 2.31. The van der Waals surface area contributed by atoms with Gasteiger partial charge >= 0.3 is 5.97 Å². The van der Waals surface area contributed by atoms with Crippen molar-refractivity contribution in [3.05, 3.63) is 89.5 Å². The molecule has 0 aliphatic carbocycles. The molecule has 37 heavy (non-hydrogen) atoms. The number of unbranched alkanes of at least 4 members (excludes halogenated alkanes) is 3. The van der Waals surface area contributed by atoms with E-state index in [-0.39, 0.29) is 39.9 Å². The molecule has 0 fully saturated rings. The van der Waals surface area contributed by atoms with Crippen LogP contribution in [0, 0.1) is 0 Å². The number of fused-ring (bicyclic) bond motifs is 1. The largest absolute Gasteiger partial charge is 0.492 e. The Morgan fingerprint density at radius 2 is 1.59 bits per heavy atom. The van der Waals surface area contributed by atoms with Crippen LogP contribution >= 0.6 is 0 Å². The second kappa shape index (κ2) is 11.5. The molecule has 3 aromatic rings. The van der Waals surface area contributed by atoms with Gasteiger partial charge in [-0.3, -0.25) is 0 Å². The number of hydrogen-bond donors (Lipinski definition) is 0. The lowest BCUT2D eigenvalue weighted by atomic mass is 10.1. The molecule has 1 unspecified atom stereocenters. The molecule has 0 N–H and O–H groups in total. The van der Waals surface area contributed by atoms with Gasteiger partial charge in [-0.05, 0) is 36.2 Å². The quantitative estimate of drug-likeness (QED) is 0.239. The van der Waals surface area contributed by atoms with Gasteiger partial charge in [-0.2, -0.15) is 0 Å². The van der Waals surface area contributed by atoms with Gasteiger partial charge in [0.05, 0.1) is 22.2 Å². The predicted molar refractivity (Wildman–Crippen MR) is 140 cm³/mol. The SMILES string of the molecule is CCCCCCOc1c(C(=O)OCc2ccccc2)ccc2c1C(S(=O)(=O)c1ccccc1)CS2(=O)=O. The smallest absolute Gasteiger partial charge is 0.342 e. The molecule has 1 aliphatic heterocycles. The average Bonchev–Trinajstić information content (AvgIpc) is 3.19. The minimum atomic E-state index is -4.09. The Labute approximate surface area is 218 Å². The first kappa shape index (κ1) is 26.9.